The Labute approximate surface area is 105 Å². The lowest BCUT2D eigenvalue weighted by molar-refractivity contribution is 0.254. The van der Waals surface area contributed by atoms with Gasteiger partial charge < -0.3 is 5.73 Å². The molecule has 1 heterocycles. The Morgan fingerprint density at radius 3 is 2.71 bits per heavy atom. The molecule has 1 fully saturated rings. The molecule has 0 aromatic carbocycles. The Morgan fingerprint density at radius 2 is 2.12 bits per heavy atom. The van der Waals surface area contributed by atoms with Gasteiger partial charge in [-0.15, -0.1) is 0 Å². The summed E-state index contributed by atoms with van der Waals surface area (Å²) in [7, 11) is -3.34. The molecule has 0 bridgehead atoms. The first-order chi connectivity index (χ1) is 7.97. The smallest absolute Gasteiger partial charge is 0.279 e. The third-order valence-electron chi connectivity index (χ3n) is 3.16. The molecule has 1 rings (SSSR count). The predicted molar refractivity (Wildman–Crippen MR) is 69.8 cm³/mol. The van der Waals surface area contributed by atoms with Crippen molar-refractivity contribution >= 4 is 10.2 Å². The average Bonchev–Trinajstić information content (AvgIpc) is 2.28. The fourth-order valence-electron chi connectivity index (χ4n) is 2.09. The quantitative estimate of drug-likeness (QED) is 0.740. The third kappa shape index (κ3) is 4.54. The zero-order valence-corrected chi connectivity index (χ0v) is 11.7. The van der Waals surface area contributed by atoms with Gasteiger partial charge in [-0.3, -0.25) is 0 Å². The van der Waals surface area contributed by atoms with E-state index < -0.39 is 10.2 Å². The summed E-state index contributed by atoms with van der Waals surface area (Å²) in [5, 5.41) is 0. The molecule has 0 spiro atoms. The molecule has 1 aliphatic heterocycles. The fourth-order valence-corrected chi connectivity index (χ4v) is 3.58. The van der Waals surface area contributed by atoms with E-state index in [9.17, 15) is 8.42 Å². The first-order valence-corrected chi connectivity index (χ1v) is 7.88. The molecule has 1 saturated heterocycles. The van der Waals surface area contributed by atoms with Gasteiger partial charge in [-0.1, -0.05) is 20.3 Å². The molecule has 6 heteroatoms. The SMILES string of the molecule is CC(C)CCNS(=O)(=O)N1CCCCC1CN. The number of nitrogens with one attached hydrogen (secondary N) is 1. The molecule has 0 saturated carbocycles. The van der Waals surface area contributed by atoms with Gasteiger partial charge in [0, 0.05) is 25.7 Å². The zero-order chi connectivity index (χ0) is 12.9. The highest BCUT2D eigenvalue weighted by Crippen LogP contribution is 2.18. The second-order valence-corrected chi connectivity index (χ2v) is 6.79. The lowest BCUT2D eigenvalue weighted by Gasteiger charge is -2.33. The van der Waals surface area contributed by atoms with E-state index >= 15 is 0 Å². The minimum Gasteiger partial charge on any atom is -0.329 e. The molecule has 3 N–H and O–H groups in total. The molecule has 0 radical (unpaired) electrons. The molecular formula is C11H25N3O2S. The van der Waals surface area contributed by atoms with Crippen LogP contribution in [0.25, 0.3) is 0 Å². The van der Waals surface area contributed by atoms with Gasteiger partial charge in [0.05, 0.1) is 0 Å². The summed E-state index contributed by atoms with van der Waals surface area (Å²) in [5.41, 5.74) is 5.63. The van der Waals surface area contributed by atoms with Crippen LogP contribution in [0.1, 0.15) is 39.5 Å². The van der Waals surface area contributed by atoms with Crippen molar-refractivity contribution in [1.82, 2.24) is 9.03 Å². The Hall–Kier alpha value is -0.170. The summed E-state index contributed by atoms with van der Waals surface area (Å²) < 4.78 is 28.4. The standard InChI is InChI=1S/C11H25N3O2S/c1-10(2)6-7-13-17(15,16)14-8-4-3-5-11(14)9-12/h10-11,13H,3-9,12H2,1-2H3. The first-order valence-electron chi connectivity index (χ1n) is 6.44. The Morgan fingerprint density at radius 1 is 1.41 bits per heavy atom. The fraction of sp³-hybridized carbons (Fsp3) is 1.00. The van der Waals surface area contributed by atoms with Crippen LogP contribution in [0.4, 0.5) is 0 Å². The van der Waals surface area contributed by atoms with Crippen LogP contribution in [-0.4, -0.2) is 38.4 Å². The molecule has 1 unspecified atom stereocenters. The zero-order valence-electron chi connectivity index (χ0n) is 10.9. The maximum Gasteiger partial charge on any atom is 0.279 e. The van der Waals surface area contributed by atoms with E-state index in [0.29, 0.717) is 25.6 Å². The molecule has 0 aromatic rings. The van der Waals surface area contributed by atoms with Gasteiger partial charge >= 0.3 is 0 Å². The molecule has 0 amide bonds. The van der Waals surface area contributed by atoms with E-state index in [-0.39, 0.29) is 6.04 Å². The van der Waals surface area contributed by atoms with Crippen molar-refractivity contribution in [1.29, 1.82) is 0 Å². The second kappa shape index (κ2) is 6.68. The van der Waals surface area contributed by atoms with Crippen LogP contribution in [0.5, 0.6) is 0 Å². The molecule has 102 valence electrons. The lowest BCUT2D eigenvalue weighted by Crippen LogP contribution is -2.51. The molecule has 1 aliphatic rings. The summed E-state index contributed by atoms with van der Waals surface area (Å²) in [6, 6.07) is -0.0275. The minimum absolute atomic E-state index is 0.0275. The second-order valence-electron chi connectivity index (χ2n) is 5.08. The van der Waals surface area contributed by atoms with E-state index in [1.807, 2.05) is 0 Å². The molecule has 5 nitrogen and oxygen atoms in total. The van der Waals surface area contributed by atoms with E-state index in [0.717, 1.165) is 25.7 Å². The summed E-state index contributed by atoms with van der Waals surface area (Å²) in [6.07, 6.45) is 3.74. The van der Waals surface area contributed by atoms with Crippen LogP contribution in [0.2, 0.25) is 0 Å². The first kappa shape index (κ1) is 14.9. The number of hydrogen-bond acceptors (Lipinski definition) is 3. The van der Waals surface area contributed by atoms with Crippen molar-refractivity contribution in [2.75, 3.05) is 19.6 Å². The maximum atomic E-state index is 12.1. The minimum atomic E-state index is -3.34. The van der Waals surface area contributed by atoms with Crippen molar-refractivity contribution in [3.8, 4) is 0 Å². The van der Waals surface area contributed by atoms with Gasteiger partial charge in [0.1, 0.15) is 0 Å². The van der Waals surface area contributed by atoms with Crippen molar-refractivity contribution < 1.29 is 8.42 Å². The van der Waals surface area contributed by atoms with E-state index in [1.54, 1.807) is 0 Å². The van der Waals surface area contributed by atoms with Gasteiger partial charge in [0.2, 0.25) is 0 Å². The summed E-state index contributed by atoms with van der Waals surface area (Å²) >= 11 is 0. The molecular weight excluding hydrogens is 238 g/mol. The highest BCUT2D eigenvalue weighted by atomic mass is 32.2. The number of piperidine rings is 1. The van der Waals surface area contributed by atoms with Crippen LogP contribution in [-0.2, 0) is 10.2 Å². The van der Waals surface area contributed by atoms with Crippen LogP contribution in [0, 0.1) is 5.92 Å². The topological polar surface area (TPSA) is 75.4 Å². The Balaban J connectivity index is 2.55. The predicted octanol–water partition coefficient (Wildman–Crippen LogP) is 0.680. The highest BCUT2D eigenvalue weighted by Gasteiger charge is 2.30. The monoisotopic (exact) mass is 263 g/mol. The van der Waals surface area contributed by atoms with Crippen LogP contribution in [0.15, 0.2) is 0 Å². The third-order valence-corrected chi connectivity index (χ3v) is 4.83. The maximum absolute atomic E-state index is 12.1. The number of hydrogen-bond donors (Lipinski definition) is 2. The van der Waals surface area contributed by atoms with Gasteiger partial charge in [-0.2, -0.15) is 12.7 Å². The van der Waals surface area contributed by atoms with Gasteiger partial charge in [-0.05, 0) is 25.2 Å². The van der Waals surface area contributed by atoms with Crippen molar-refractivity contribution in [2.24, 2.45) is 11.7 Å². The average molecular weight is 263 g/mol. The molecule has 0 aromatic heterocycles. The highest BCUT2D eigenvalue weighted by molar-refractivity contribution is 7.87. The lowest BCUT2D eigenvalue weighted by atomic mass is 10.1. The van der Waals surface area contributed by atoms with Crippen molar-refractivity contribution in [2.45, 2.75) is 45.6 Å². The number of nitrogens with zero attached hydrogens (tertiary/aromatic N) is 1. The van der Waals surface area contributed by atoms with Crippen LogP contribution in [0.3, 0.4) is 0 Å². The van der Waals surface area contributed by atoms with E-state index in [1.165, 1.54) is 4.31 Å². The van der Waals surface area contributed by atoms with Crippen LogP contribution >= 0.6 is 0 Å². The Bertz CT molecular complexity index is 317. The van der Waals surface area contributed by atoms with E-state index in [2.05, 4.69) is 18.6 Å². The van der Waals surface area contributed by atoms with Crippen LogP contribution < -0.4 is 10.5 Å². The molecule has 1 atom stereocenters. The molecule has 17 heavy (non-hydrogen) atoms. The normalized spacial score (nSPS) is 23.2. The summed E-state index contributed by atoms with van der Waals surface area (Å²) in [5.74, 6) is 0.504. The number of rotatable bonds is 6. The van der Waals surface area contributed by atoms with Crippen molar-refractivity contribution in [3.63, 3.8) is 0 Å². The summed E-state index contributed by atoms with van der Waals surface area (Å²) in [4.78, 5) is 0. The van der Waals surface area contributed by atoms with E-state index in [4.69, 9.17) is 5.73 Å². The molecule has 0 aliphatic carbocycles. The van der Waals surface area contributed by atoms with Crippen molar-refractivity contribution in [3.05, 3.63) is 0 Å². The number of nitrogens with two attached hydrogens (primary N) is 1. The largest absolute Gasteiger partial charge is 0.329 e. The van der Waals surface area contributed by atoms with Gasteiger partial charge in [0.25, 0.3) is 10.2 Å². The van der Waals surface area contributed by atoms with Gasteiger partial charge in [-0.25, -0.2) is 4.72 Å². The Kier molecular flexibility index (Phi) is 5.85. The summed E-state index contributed by atoms with van der Waals surface area (Å²) in [6.45, 7) is 5.67. The van der Waals surface area contributed by atoms with Gasteiger partial charge in [0.15, 0.2) is 0 Å².